The van der Waals surface area contributed by atoms with Gasteiger partial charge in [-0.05, 0) is 41.8 Å². The first-order valence-electron chi connectivity index (χ1n) is 6.35. The Morgan fingerprint density at radius 1 is 1.14 bits per heavy atom. The van der Waals surface area contributed by atoms with Crippen molar-refractivity contribution in [1.29, 1.82) is 0 Å². The van der Waals surface area contributed by atoms with E-state index in [0.717, 1.165) is 18.1 Å². The van der Waals surface area contributed by atoms with Gasteiger partial charge in [0.25, 0.3) is 10.0 Å². The Morgan fingerprint density at radius 2 is 1.86 bits per heavy atom. The highest BCUT2D eigenvalue weighted by Crippen LogP contribution is 2.18. The van der Waals surface area contributed by atoms with Gasteiger partial charge in [-0.2, -0.15) is 0 Å². The summed E-state index contributed by atoms with van der Waals surface area (Å²) in [5.41, 5.74) is 1.26. The topological polar surface area (TPSA) is 86.3 Å². The van der Waals surface area contributed by atoms with Crippen LogP contribution in [0.4, 0.5) is 5.69 Å². The summed E-state index contributed by atoms with van der Waals surface area (Å²) in [6.07, 6.45) is 0.787. The average molecular weight is 304 g/mol. The van der Waals surface area contributed by atoms with E-state index >= 15 is 0 Å². The summed E-state index contributed by atoms with van der Waals surface area (Å²) in [5.74, 6) is -1.42. The highest BCUT2D eigenvalue weighted by atomic mass is 32.2. The van der Waals surface area contributed by atoms with Crippen LogP contribution in [0.2, 0.25) is 0 Å². The van der Waals surface area contributed by atoms with E-state index in [0.29, 0.717) is 5.69 Å². The molecule has 110 valence electrons. The highest BCUT2D eigenvalue weighted by Gasteiger charge is 2.14. The zero-order valence-electron chi connectivity index (χ0n) is 11.4. The van der Waals surface area contributed by atoms with Crippen LogP contribution < -0.4 is 9.83 Å². The lowest BCUT2D eigenvalue weighted by Crippen LogP contribution is -2.23. The number of aryl methyl sites for hydroxylation is 1. The lowest BCUT2D eigenvalue weighted by Gasteiger charge is -2.10. The number of nitrogens with one attached hydrogen (secondary N) is 1. The minimum Gasteiger partial charge on any atom is -0.545 e. The molecule has 2 aromatic rings. The molecule has 0 amide bonds. The molecule has 0 spiro atoms. The monoisotopic (exact) mass is 304 g/mol. The molecule has 0 unspecified atom stereocenters. The number of benzene rings is 2. The number of hydrogen-bond acceptors (Lipinski definition) is 4. The van der Waals surface area contributed by atoms with Crippen LogP contribution in [0.1, 0.15) is 22.8 Å². The largest absolute Gasteiger partial charge is 0.545 e. The zero-order chi connectivity index (χ0) is 15.5. The van der Waals surface area contributed by atoms with E-state index in [2.05, 4.69) is 4.72 Å². The Bertz CT molecular complexity index is 769. The fraction of sp³-hybridized carbons (Fsp3) is 0.133. The first-order chi connectivity index (χ1) is 9.92. The number of carbonyl (C=O) groups is 1. The molecular formula is C15H14NO4S-. The molecule has 0 bridgehead atoms. The van der Waals surface area contributed by atoms with Gasteiger partial charge < -0.3 is 9.90 Å². The molecule has 0 heterocycles. The first kappa shape index (κ1) is 15.1. The summed E-state index contributed by atoms with van der Waals surface area (Å²) in [5, 5.41) is 10.8. The number of rotatable bonds is 5. The van der Waals surface area contributed by atoms with Crippen LogP contribution in [0.3, 0.4) is 0 Å². The SMILES string of the molecule is CCc1cccc(NS(=O)(=O)c2cccc(C(=O)[O-])c2)c1. The van der Waals surface area contributed by atoms with Crippen molar-refractivity contribution in [2.45, 2.75) is 18.2 Å². The molecule has 0 saturated heterocycles. The summed E-state index contributed by atoms with van der Waals surface area (Å²) in [7, 11) is -3.84. The van der Waals surface area contributed by atoms with E-state index in [1.165, 1.54) is 18.2 Å². The molecule has 0 aliphatic heterocycles. The molecule has 0 radical (unpaired) electrons. The van der Waals surface area contributed by atoms with Crippen LogP contribution in [0.15, 0.2) is 53.4 Å². The van der Waals surface area contributed by atoms with Crippen LogP contribution in [0.5, 0.6) is 0 Å². The van der Waals surface area contributed by atoms with Gasteiger partial charge in [-0.3, -0.25) is 4.72 Å². The standard InChI is InChI=1S/C15H15NO4S/c1-2-11-5-3-7-13(9-11)16-21(19,20)14-8-4-6-12(10-14)15(17)18/h3-10,16H,2H2,1H3,(H,17,18)/p-1. The molecule has 0 aliphatic carbocycles. The van der Waals surface area contributed by atoms with Crippen molar-refractivity contribution in [1.82, 2.24) is 0 Å². The summed E-state index contributed by atoms with van der Waals surface area (Å²) >= 11 is 0. The van der Waals surface area contributed by atoms with Gasteiger partial charge in [0.15, 0.2) is 0 Å². The molecule has 0 atom stereocenters. The van der Waals surface area contributed by atoms with Crippen molar-refractivity contribution in [2.75, 3.05) is 4.72 Å². The third kappa shape index (κ3) is 3.61. The van der Waals surface area contributed by atoms with E-state index in [-0.39, 0.29) is 10.5 Å². The van der Waals surface area contributed by atoms with E-state index in [1.54, 1.807) is 18.2 Å². The van der Waals surface area contributed by atoms with Gasteiger partial charge in [-0.15, -0.1) is 0 Å². The number of carboxylic acid groups (broad SMARTS) is 1. The van der Waals surface area contributed by atoms with Crippen molar-refractivity contribution in [3.8, 4) is 0 Å². The average Bonchev–Trinajstić information content (AvgIpc) is 2.47. The molecule has 0 fully saturated rings. The maximum absolute atomic E-state index is 12.3. The number of carbonyl (C=O) groups excluding carboxylic acids is 1. The smallest absolute Gasteiger partial charge is 0.261 e. The normalized spacial score (nSPS) is 11.1. The minimum atomic E-state index is -3.84. The second kappa shape index (κ2) is 5.97. The summed E-state index contributed by atoms with van der Waals surface area (Å²) < 4.78 is 26.9. The van der Waals surface area contributed by atoms with Gasteiger partial charge in [0, 0.05) is 5.69 Å². The van der Waals surface area contributed by atoms with E-state index in [9.17, 15) is 18.3 Å². The molecule has 2 aromatic carbocycles. The zero-order valence-corrected chi connectivity index (χ0v) is 12.2. The second-order valence-corrected chi connectivity index (χ2v) is 6.16. The molecule has 6 heteroatoms. The molecule has 0 saturated carbocycles. The van der Waals surface area contributed by atoms with Crippen LogP contribution in [-0.2, 0) is 16.4 Å². The summed E-state index contributed by atoms with van der Waals surface area (Å²) in [6, 6.07) is 12.1. The third-order valence-corrected chi connectivity index (χ3v) is 4.35. The Balaban J connectivity index is 2.33. The maximum atomic E-state index is 12.3. The van der Waals surface area contributed by atoms with Crippen molar-refractivity contribution in [3.05, 3.63) is 59.7 Å². The number of aromatic carboxylic acids is 1. The Kier molecular flexibility index (Phi) is 4.28. The second-order valence-electron chi connectivity index (χ2n) is 4.47. The van der Waals surface area contributed by atoms with Crippen molar-refractivity contribution in [3.63, 3.8) is 0 Å². The predicted molar refractivity (Wildman–Crippen MR) is 77.4 cm³/mol. The van der Waals surface area contributed by atoms with Crippen molar-refractivity contribution in [2.24, 2.45) is 0 Å². The van der Waals surface area contributed by atoms with Crippen LogP contribution >= 0.6 is 0 Å². The van der Waals surface area contributed by atoms with Crippen molar-refractivity contribution >= 4 is 21.7 Å². The molecule has 2 rings (SSSR count). The lowest BCUT2D eigenvalue weighted by atomic mass is 10.1. The fourth-order valence-electron chi connectivity index (χ4n) is 1.86. The summed E-state index contributed by atoms with van der Waals surface area (Å²) in [6.45, 7) is 1.97. The maximum Gasteiger partial charge on any atom is 0.261 e. The van der Waals surface area contributed by atoms with Gasteiger partial charge in [0.05, 0.1) is 10.9 Å². The number of hydrogen-bond donors (Lipinski definition) is 1. The molecule has 0 aromatic heterocycles. The predicted octanol–water partition coefficient (Wildman–Crippen LogP) is 1.41. The molecule has 21 heavy (non-hydrogen) atoms. The van der Waals surface area contributed by atoms with E-state index in [1.807, 2.05) is 13.0 Å². The van der Waals surface area contributed by atoms with Crippen LogP contribution in [-0.4, -0.2) is 14.4 Å². The Morgan fingerprint density at radius 3 is 2.52 bits per heavy atom. The fourth-order valence-corrected chi connectivity index (χ4v) is 2.95. The van der Waals surface area contributed by atoms with Gasteiger partial charge in [-0.25, -0.2) is 8.42 Å². The number of sulfonamides is 1. The lowest BCUT2D eigenvalue weighted by molar-refractivity contribution is -0.255. The molecule has 0 aliphatic rings. The van der Waals surface area contributed by atoms with Crippen LogP contribution in [0, 0.1) is 0 Å². The van der Waals surface area contributed by atoms with Crippen molar-refractivity contribution < 1.29 is 18.3 Å². The summed E-state index contributed by atoms with van der Waals surface area (Å²) in [4.78, 5) is 10.7. The molecular weight excluding hydrogens is 290 g/mol. The minimum absolute atomic E-state index is 0.119. The Labute approximate surface area is 123 Å². The number of carboxylic acids is 1. The Hall–Kier alpha value is -2.34. The van der Waals surface area contributed by atoms with Gasteiger partial charge >= 0.3 is 0 Å². The van der Waals surface area contributed by atoms with E-state index < -0.39 is 16.0 Å². The first-order valence-corrected chi connectivity index (χ1v) is 7.84. The molecule has 5 nitrogen and oxygen atoms in total. The van der Waals surface area contributed by atoms with Gasteiger partial charge in [0.2, 0.25) is 0 Å². The highest BCUT2D eigenvalue weighted by molar-refractivity contribution is 7.92. The quantitative estimate of drug-likeness (QED) is 0.905. The molecule has 1 N–H and O–H groups in total. The van der Waals surface area contributed by atoms with Crippen LogP contribution in [0.25, 0.3) is 0 Å². The van der Waals surface area contributed by atoms with Gasteiger partial charge in [-0.1, -0.05) is 31.2 Å². The number of anilines is 1. The van der Waals surface area contributed by atoms with Gasteiger partial charge in [0.1, 0.15) is 0 Å². The van der Waals surface area contributed by atoms with E-state index in [4.69, 9.17) is 0 Å². The third-order valence-electron chi connectivity index (χ3n) is 2.97.